The van der Waals surface area contributed by atoms with E-state index in [4.69, 9.17) is 12.2 Å². The van der Waals surface area contributed by atoms with Gasteiger partial charge in [-0.1, -0.05) is 47.3 Å². The van der Waals surface area contributed by atoms with Gasteiger partial charge in [0.05, 0.1) is 11.3 Å². The highest BCUT2D eigenvalue weighted by Gasteiger charge is 2.19. The molecule has 2 amide bonds. The predicted octanol–water partition coefficient (Wildman–Crippen LogP) is 4.64. The van der Waals surface area contributed by atoms with Crippen molar-refractivity contribution in [3.05, 3.63) is 64.1 Å². The second-order valence-corrected chi connectivity index (χ2v) is 8.09. The van der Waals surface area contributed by atoms with Gasteiger partial charge in [0.2, 0.25) is 0 Å². The summed E-state index contributed by atoms with van der Waals surface area (Å²) < 4.78 is 0.891. The summed E-state index contributed by atoms with van der Waals surface area (Å²) in [6, 6.07) is 14.4. The Morgan fingerprint density at radius 2 is 1.61 bits per heavy atom. The van der Waals surface area contributed by atoms with Crippen LogP contribution >= 0.6 is 28.1 Å². The predicted molar refractivity (Wildman–Crippen MR) is 119 cm³/mol. The average molecular weight is 460 g/mol. The number of hydrogen-bond acceptors (Lipinski definition) is 3. The van der Waals surface area contributed by atoms with E-state index in [2.05, 4.69) is 31.9 Å². The summed E-state index contributed by atoms with van der Waals surface area (Å²) in [6.45, 7) is 0. The Balaban J connectivity index is 1.63. The van der Waals surface area contributed by atoms with Crippen molar-refractivity contribution < 1.29 is 9.59 Å². The van der Waals surface area contributed by atoms with Crippen LogP contribution in [0.5, 0.6) is 0 Å². The largest absolute Gasteiger partial charge is 0.349 e. The third kappa shape index (κ3) is 5.62. The van der Waals surface area contributed by atoms with Gasteiger partial charge in [0.1, 0.15) is 0 Å². The molecular formula is C21H22BrN3O2S. The van der Waals surface area contributed by atoms with E-state index in [0.29, 0.717) is 16.8 Å². The van der Waals surface area contributed by atoms with Crippen molar-refractivity contribution in [3.63, 3.8) is 0 Å². The van der Waals surface area contributed by atoms with Gasteiger partial charge in [0.25, 0.3) is 11.8 Å². The number of amides is 2. The van der Waals surface area contributed by atoms with Gasteiger partial charge in [-0.2, -0.15) is 0 Å². The van der Waals surface area contributed by atoms with E-state index in [1.807, 2.05) is 12.1 Å². The Labute approximate surface area is 178 Å². The SMILES string of the molecule is O=C(NC(=S)Nc1ccccc1C(=O)NC1CCCCC1)c1ccc(Br)cc1. The molecule has 1 aliphatic rings. The number of thiocarbonyl (C=S) groups is 1. The molecular weight excluding hydrogens is 438 g/mol. The smallest absolute Gasteiger partial charge is 0.257 e. The normalized spacial score (nSPS) is 14.2. The maximum Gasteiger partial charge on any atom is 0.257 e. The van der Waals surface area contributed by atoms with E-state index in [1.165, 1.54) is 6.42 Å². The molecule has 1 aliphatic carbocycles. The molecule has 0 unspecified atom stereocenters. The maximum atomic E-state index is 12.7. The minimum absolute atomic E-state index is 0.128. The van der Waals surface area contributed by atoms with Crippen LogP contribution in [0.3, 0.4) is 0 Å². The van der Waals surface area contributed by atoms with Gasteiger partial charge in [-0.25, -0.2) is 0 Å². The summed E-state index contributed by atoms with van der Waals surface area (Å²) in [5.74, 6) is -0.439. The monoisotopic (exact) mass is 459 g/mol. The van der Waals surface area contributed by atoms with Crippen LogP contribution in [0.25, 0.3) is 0 Å². The van der Waals surface area contributed by atoms with Crippen molar-refractivity contribution in [2.24, 2.45) is 0 Å². The summed E-state index contributed by atoms with van der Waals surface area (Å²) in [4.78, 5) is 25.0. The third-order valence-corrected chi connectivity index (χ3v) is 5.43. The van der Waals surface area contributed by atoms with Gasteiger partial charge in [0.15, 0.2) is 5.11 Å². The Bertz CT molecular complexity index is 864. The fourth-order valence-corrected chi connectivity index (χ4v) is 3.70. The minimum Gasteiger partial charge on any atom is -0.349 e. The Morgan fingerprint density at radius 3 is 2.32 bits per heavy atom. The van der Waals surface area contributed by atoms with Crippen LogP contribution in [0.2, 0.25) is 0 Å². The molecule has 0 bridgehead atoms. The standard InChI is InChI=1S/C21H22BrN3O2S/c22-15-12-10-14(11-13-15)19(26)25-21(28)24-18-9-5-4-8-17(18)20(27)23-16-6-2-1-3-7-16/h4-5,8-13,16H,1-3,6-7H2,(H,23,27)(H2,24,25,26,28). The van der Waals surface area contributed by atoms with E-state index < -0.39 is 0 Å². The quantitative estimate of drug-likeness (QED) is 0.582. The molecule has 28 heavy (non-hydrogen) atoms. The molecule has 0 radical (unpaired) electrons. The lowest BCUT2D eigenvalue weighted by atomic mass is 9.95. The van der Waals surface area contributed by atoms with Crippen LogP contribution < -0.4 is 16.0 Å². The van der Waals surface area contributed by atoms with Gasteiger partial charge < -0.3 is 10.6 Å². The van der Waals surface area contributed by atoms with Crippen molar-refractivity contribution in [3.8, 4) is 0 Å². The minimum atomic E-state index is -0.311. The van der Waals surface area contributed by atoms with E-state index in [9.17, 15) is 9.59 Å². The van der Waals surface area contributed by atoms with Crippen molar-refractivity contribution >= 4 is 50.8 Å². The molecule has 3 N–H and O–H groups in total. The van der Waals surface area contributed by atoms with E-state index in [1.54, 1.807) is 36.4 Å². The first kappa shape index (κ1) is 20.5. The molecule has 0 saturated heterocycles. The second kappa shape index (κ2) is 9.80. The van der Waals surface area contributed by atoms with Crippen molar-refractivity contribution in [1.82, 2.24) is 10.6 Å². The molecule has 0 aromatic heterocycles. The van der Waals surface area contributed by atoms with E-state index in [0.717, 1.165) is 30.2 Å². The fourth-order valence-electron chi connectivity index (χ4n) is 3.23. The zero-order valence-corrected chi connectivity index (χ0v) is 17.7. The maximum absolute atomic E-state index is 12.7. The molecule has 1 saturated carbocycles. The van der Waals surface area contributed by atoms with Crippen molar-refractivity contribution in [1.29, 1.82) is 0 Å². The zero-order chi connectivity index (χ0) is 19.9. The van der Waals surface area contributed by atoms with Gasteiger partial charge >= 0.3 is 0 Å². The van der Waals surface area contributed by atoms with Crippen molar-refractivity contribution in [2.45, 2.75) is 38.1 Å². The number of anilines is 1. The molecule has 2 aromatic rings. The number of carbonyl (C=O) groups is 2. The van der Waals surface area contributed by atoms with Crippen LogP contribution in [0.4, 0.5) is 5.69 Å². The Morgan fingerprint density at radius 1 is 0.929 bits per heavy atom. The molecule has 3 rings (SSSR count). The number of para-hydroxylation sites is 1. The van der Waals surface area contributed by atoms with Crippen LogP contribution in [-0.4, -0.2) is 23.0 Å². The van der Waals surface area contributed by atoms with E-state index >= 15 is 0 Å². The number of benzene rings is 2. The first-order valence-electron chi connectivity index (χ1n) is 9.31. The summed E-state index contributed by atoms with van der Waals surface area (Å²) in [7, 11) is 0. The molecule has 7 heteroatoms. The number of rotatable bonds is 4. The molecule has 0 aliphatic heterocycles. The van der Waals surface area contributed by atoms with Crippen LogP contribution in [0, 0.1) is 0 Å². The summed E-state index contributed by atoms with van der Waals surface area (Å²) in [5, 5.41) is 8.87. The topological polar surface area (TPSA) is 70.2 Å². The Kier molecular flexibility index (Phi) is 7.17. The second-order valence-electron chi connectivity index (χ2n) is 6.77. The highest BCUT2D eigenvalue weighted by molar-refractivity contribution is 9.10. The lowest BCUT2D eigenvalue weighted by Gasteiger charge is -2.23. The van der Waals surface area contributed by atoms with Gasteiger partial charge in [-0.05, 0) is 61.5 Å². The highest BCUT2D eigenvalue weighted by atomic mass is 79.9. The molecule has 2 aromatic carbocycles. The number of hydrogen-bond donors (Lipinski definition) is 3. The molecule has 0 heterocycles. The van der Waals surface area contributed by atoms with Gasteiger partial charge in [0, 0.05) is 16.1 Å². The average Bonchev–Trinajstić information content (AvgIpc) is 2.69. The van der Waals surface area contributed by atoms with Gasteiger partial charge in [-0.15, -0.1) is 0 Å². The Hall–Kier alpha value is -2.25. The number of nitrogens with one attached hydrogen (secondary N) is 3. The first-order chi connectivity index (χ1) is 13.5. The third-order valence-electron chi connectivity index (χ3n) is 4.69. The molecule has 1 fully saturated rings. The summed E-state index contributed by atoms with van der Waals surface area (Å²) in [5.41, 5.74) is 1.57. The lowest BCUT2D eigenvalue weighted by molar-refractivity contribution is 0.0927. The molecule has 0 atom stereocenters. The summed E-state index contributed by atoms with van der Waals surface area (Å²) >= 11 is 8.60. The number of halogens is 1. The van der Waals surface area contributed by atoms with Crippen molar-refractivity contribution in [2.75, 3.05) is 5.32 Å². The lowest BCUT2D eigenvalue weighted by Crippen LogP contribution is -2.37. The highest BCUT2D eigenvalue weighted by Crippen LogP contribution is 2.20. The van der Waals surface area contributed by atoms with E-state index in [-0.39, 0.29) is 23.0 Å². The summed E-state index contributed by atoms with van der Waals surface area (Å²) in [6.07, 6.45) is 5.57. The van der Waals surface area contributed by atoms with Crippen LogP contribution in [0.1, 0.15) is 52.8 Å². The van der Waals surface area contributed by atoms with Crippen LogP contribution in [-0.2, 0) is 0 Å². The first-order valence-corrected chi connectivity index (χ1v) is 10.5. The molecule has 0 spiro atoms. The van der Waals surface area contributed by atoms with Crippen LogP contribution in [0.15, 0.2) is 53.0 Å². The number of carbonyl (C=O) groups excluding carboxylic acids is 2. The van der Waals surface area contributed by atoms with Gasteiger partial charge in [-0.3, -0.25) is 14.9 Å². The zero-order valence-electron chi connectivity index (χ0n) is 15.3. The molecule has 146 valence electrons. The fraction of sp³-hybridized carbons (Fsp3) is 0.286. The molecule has 5 nitrogen and oxygen atoms in total.